The Kier molecular flexibility index (Phi) is 9.50. The Morgan fingerprint density at radius 1 is 0.923 bits per heavy atom. The summed E-state index contributed by atoms with van der Waals surface area (Å²) in [4.78, 5) is 29.1. The number of benzene rings is 3. The highest BCUT2D eigenvalue weighted by molar-refractivity contribution is 7.92. The van der Waals surface area contributed by atoms with Crippen LogP contribution in [0.4, 0.5) is 10.1 Å². The van der Waals surface area contributed by atoms with Gasteiger partial charge in [0.05, 0.1) is 11.9 Å². The molecule has 0 radical (unpaired) electrons. The Labute approximate surface area is 230 Å². The van der Waals surface area contributed by atoms with Crippen molar-refractivity contribution in [1.29, 1.82) is 0 Å². The highest BCUT2D eigenvalue weighted by atomic mass is 32.2. The normalized spacial score (nSPS) is 12.5. The predicted octanol–water partition coefficient (Wildman–Crippen LogP) is 4.45. The molecule has 2 amide bonds. The first-order valence-electron chi connectivity index (χ1n) is 12.7. The average Bonchev–Trinajstić information content (AvgIpc) is 2.84. The number of carbonyl (C=O) groups is 2. The largest absolute Gasteiger partial charge is 0.350 e. The maximum Gasteiger partial charge on any atom is 0.244 e. The van der Waals surface area contributed by atoms with Crippen molar-refractivity contribution in [3.05, 3.63) is 101 Å². The summed E-state index contributed by atoms with van der Waals surface area (Å²) in [6.45, 7) is 7.05. The van der Waals surface area contributed by atoms with Crippen LogP contribution in [0.1, 0.15) is 37.5 Å². The lowest BCUT2D eigenvalue weighted by molar-refractivity contribution is -0.140. The van der Waals surface area contributed by atoms with Crippen LogP contribution >= 0.6 is 0 Å². The third-order valence-corrected chi connectivity index (χ3v) is 7.14. The molecule has 0 unspecified atom stereocenters. The van der Waals surface area contributed by atoms with Crippen LogP contribution in [0.2, 0.25) is 0 Å². The molecule has 0 fully saturated rings. The molecule has 208 valence electrons. The minimum atomic E-state index is -3.91. The quantitative estimate of drug-likeness (QED) is 0.402. The van der Waals surface area contributed by atoms with Crippen LogP contribution in [-0.4, -0.2) is 49.5 Å². The fourth-order valence-electron chi connectivity index (χ4n) is 4.24. The van der Waals surface area contributed by atoms with Gasteiger partial charge < -0.3 is 10.2 Å². The van der Waals surface area contributed by atoms with E-state index in [4.69, 9.17) is 0 Å². The minimum absolute atomic E-state index is 0.0938. The number of nitrogens with zero attached hydrogens (tertiary/aromatic N) is 2. The van der Waals surface area contributed by atoms with Gasteiger partial charge >= 0.3 is 0 Å². The molecule has 0 aromatic heterocycles. The van der Waals surface area contributed by atoms with Gasteiger partial charge in [-0.3, -0.25) is 13.9 Å². The van der Waals surface area contributed by atoms with Crippen molar-refractivity contribution >= 4 is 27.5 Å². The van der Waals surface area contributed by atoms with Crippen LogP contribution in [0.5, 0.6) is 0 Å². The van der Waals surface area contributed by atoms with Gasteiger partial charge in [0.25, 0.3) is 0 Å². The third kappa shape index (κ3) is 8.92. The molecule has 3 rings (SSSR count). The van der Waals surface area contributed by atoms with Crippen molar-refractivity contribution in [3.8, 4) is 0 Å². The van der Waals surface area contributed by atoms with Gasteiger partial charge in [-0.2, -0.15) is 0 Å². The molecule has 0 aliphatic heterocycles. The Bertz CT molecular complexity index is 1390. The van der Waals surface area contributed by atoms with Gasteiger partial charge in [-0.1, -0.05) is 60.2 Å². The lowest BCUT2D eigenvalue weighted by atomic mass is 10.0. The molecule has 0 saturated carbocycles. The molecule has 3 aromatic carbocycles. The summed E-state index contributed by atoms with van der Waals surface area (Å²) in [5.74, 6) is -1.43. The molecule has 39 heavy (non-hydrogen) atoms. The van der Waals surface area contributed by atoms with Crippen molar-refractivity contribution in [2.24, 2.45) is 0 Å². The number of amides is 2. The van der Waals surface area contributed by atoms with E-state index in [2.05, 4.69) is 5.32 Å². The van der Waals surface area contributed by atoms with E-state index >= 15 is 0 Å². The lowest BCUT2D eigenvalue weighted by Crippen LogP contribution is -2.56. The Balaban J connectivity index is 2.07. The molecule has 9 heteroatoms. The predicted molar refractivity (Wildman–Crippen MR) is 152 cm³/mol. The summed E-state index contributed by atoms with van der Waals surface area (Å²) in [6, 6.07) is 20.9. The standard InChI is InChI=1S/C30H36FN3O4S/c1-22-10-9-13-24(18-22)20-33(27(29(36)32-30(2,3)4)19-23-11-7-6-8-12-23)28(35)21-34(39(5,37)38)26-16-14-25(31)15-17-26/h6-18,27H,19-21H2,1-5H3,(H,32,36)/t27-/m0/s1. The van der Waals surface area contributed by atoms with Gasteiger partial charge in [0, 0.05) is 18.5 Å². The zero-order valence-corrected chi connectivity index (χ0v) is 23.8. The first-order chi connectivity index (χ1) is 18.2. The van der Waals surface area contributed by atoms with E-state index in [-0.39, 0.29) is 24.6 Å². The molecule has 0 spiro atoms. The van der Waals surface area contributed by atoms with E-state index in [1.165, 1.54) is 17.0 Å². The van der Waals surface area contributed by atoms with E-state index in [1.807, 2.05) is 82.3 Å². The molecule has 0 saturated heterocycles. The molecule has 1 N–H and O–H groups in total. The summed E-state index contributed by atoms with van der Waals surface area (Å²) < 4.78 is 40.0. The second-order valence-corrected chi connectivity index (χ2v) is 12.6. The number of carbonyl (C=O) groups excluding carboxylic acids is 2. The summed E-state index contributed by atoms with van der Waals surface area (Å²) in [6.07, 6.45) is 1.22. The van der Waals surface area contributed by atoms with Crippen molar-refractivity contribution in [2.75, 3.05) is 17.1 Å². The third-order valence-electron chi connectivity index (χ3n) is 6.00. The van der Waals surface area contributed by atoms with Gasteiger partial charge in [0.2, 0.25) is 21.8 Å². The number of sulfonamides is 1. The highest BCUT2D eigenvalue weighted by Gasteiger charge is 2.34. The fraction of sp³-hybridized carbons (Fsp3) is 0.333. The SMILES string of the molecule is Cc1cccc(CN(C(=O)CN(c2ccc(F)cc2)S(C)(=O)=O)[C@@H](Cc2ccccc2)C(=O)NC(C)(C)C)c1. The Morgan fingerprint density at radius 2 is 1.54 bits per heavy atom. The summed E-state index contributed by atoms with van der Waals surface area (Å²) in [5.41, 5.74) is 2.24. The Hall–Kier alpha value is -3.72. The van der Waals surface area contributed by atoms with Gasteiger partial charge in [-0.25, -0.2) is 12.8 Å². The maximum atomic E-state index is 14.0. The fourth-order valence-corrected chi connectivity index (χ4v) is 5.08. The number of rotatable bonds is 10. The van der Waals surface area contributed by atoms with E-state index < -0.39 is 39.9 Å². The topological polar surface area (TPSA) is 86.8 Å². The molecule has 3 aromatic rings. The molecule has 1 atom stereocenters. The van der Waals surface area contributed by atoms with Gasteiger partial charge in [-0.15, -0.1) is 0 Å². The van der Waals surface area contributed by atoms with E-state index in [0.29, 0.717) is 0 Å². The molecule has 0 bridgehead atoms. The second-order valence-electron chi connectivity index (χ2n) is 10.7. The summed E-state index contributed by atoms with van der Waals surface area (Å²) in [7, 11) is -3.91. The molecule has 0 heterocycles. The smallest absolute Gasteiger partial charge is 0.244 e. The van der Waals surface area contributed by atoms with Crippen molar-refractivity contribution in [2.45, 2.75) is 52.2 Å². The van der Waals surface area contributed by atoms with Crippen LogP contribution in [0.3, 0.4) is 0 Å². The molecule has 0 aliphatic rings. The first kappa shape index (κ1) is 29.8. The summed E-state index contributed by atoms with van der Waals surface area (Å²) >= 11 is 0. The maximum absolute atomic E-state index is 14.0. The zero-order valence-electron chi connectivity index (χ0n) is 23.0. The van der Waals surface area contributed by atoms with Crippen molar-refractivity contribution in [3.63, 3.8) is 0 Å². The van der Waals surface area contributed by atoms with Crippen molar-refractivity contribution < 1.29 is 22.4 Å². The molecular weight excluding hydrogens is 517 g/mol. The van der Waals surface area contributed by atoms with Crippen LogP contribution < -0.4 is 9.62 Å². The first-order valence-corrected chi connectivity index (χ1v) is 14.5. The van der Waals surface area contributed by atoms with Crippen LogP contribution in [0, 0.1) is 12.7 Å². The molecular formula is C30H36FN3O4S. The zero-order chi connectivity index (χ0) is 28.8. The van der Waals surface area contributed by atoms with Gasteiger partial charge in [-0.05, 0) is 63.1 Å². The number of halogens is 1. The molecule has 0 aliphatic carbocycles. The van der Waals surface area contributed by atoms with Crippen LogP contribution in [0.15, 0.2) is 78.9 Å². The van der Waals surface area contributed by atoms with Crippen molar-refractivity contribution in [1.82, 2.24) is 10.2 Å². The number of anilines is 1. The highest BCUT2D eigenvalue weighted by Crippen LogP contribution is 2.21. The van der Waals surface area contributed by atoms with E-state index in [9.17, 15) is 22.4 Å². The lowest BCUT2D eigenvalue weighted by Gasteiger charge is -2.35. The number of hydrogen-bond donors (Lipinski definition) is 1. The van der Waals surface area contributed by atoms with E-state index in [0.717, 1.165) is 39.4 Å². The summed E-state index contributed by atoms with van der Waals surface area (Å²) in [5, 5.41) is 2.99. The van der Waals surface area contributed by atoms with E-state index in [1.54, 1.807) is 0 Å². The monoisotopic (exact) mass is 553 g/mol. The minimum Gasteiger partial charge on any atom is -0.350 e. The van der Waals surface area contributed by atoms with Gasteiger partial charge in [0.15, 0.2) is 0 Å². The number of nitrogens with one attached hydrogen (secondary N) is 1. The Morgan fingerprint density at radius 3 is 2.10 bits per heavy atom. The van der Waals surface area contributed by atoms with Gasteiger partial charge in [0.1, 0.15) is 18.4 Å². The average molecular weight is 554 g/mol. The number of aryl methyl sites for hydroxylation is 1. The second kappa shape index (κ2) is 12.4. The van der Waals surface area contributed by atoms with Crippen LogP contribution in [-0.2, 0) is 32.6 Å². The molecule has 7 nitrogen and oxygen atoms in total. The number of hydrogen-bond acceptors (Lipinski definition) is 4. The van der Waals surface area contributed by atoms with Crippen LogP contribution in [0.25, 0.3) is 0 Å².